The summed E-state index contributed by atoms with van der Waals surface area (Å²) in [5, 5.41) is 72.7. The minimum absolute atomic E-state index is 0.0386. The van der Waals surface area contributed by atoms with E-state index in [1.165, 1.54) is 50.2 Å². The Balaban J connectivity index is 0.000000187. The van der Waals surface area contributed by atoms with Crippen molar-refractivity contribution in [1.82, 2.24) is 60.9 Å². The van der Waals surface area contributed by atoms with Crippen LogP contribution in [0.2, 0.25) is 0 Å². The zero-order chi connectivity index (χ0) is 96.5. The van der Waals surface area contributed by atoms with Gasteiger partial charge in [-0.2, -0.15) is 20.4 Å². The number of non-ortho nitro benzene ring substituents is 1. The van der Waals surface area contributed by atoms with Gasteiger partial charge in [0.25, 0.3) is 35.8 Å². The number of amides is 4. The molecule has 0 aliphatic carbocycles. The van der Waals surface area contributed by atoms with Crippen molar-refractivity contribution in [3.8, 4) is 34.5 Å². The predicted octanol–water partition coefficient (Wildman–Crippen LogP) is 7.90. The molecule has 4 saturated heterocycles. The van der Waals surface area contributed by atoms with Crippen LogP contribution in [0.3, 0.4) is 0 Å². The molecule has 712 valence electrons. The van der Waals surface area contributed by atoms with Crippen molar-refractivity contribution in [2.75, 3.05) is 138 Å². The molecule has 0 spiro atoms. The summed E-state index contributed by atoms with van der Waals surface area (Å²) in [5.41, 5.74) is 19.2. The van der Waals surface area contributed by atoms with Crippen molar-refractivity contribution in [1.29, 1.82) is 0 Å². The van der Waals surface area contributed by atoms with E-state index in [4.69, 9.17) is 14.6 Å². The van der Waals surface area contributed by atoms with E-state index < -0.39 is 19.9 Å². The van der Waals surface area contributed by atoms with Gasteiger partial charge in [0.05, 0.1) is 78.6 Å². The topological polar surface area (TPSA) is 446 Å². The van der Waals surface area contributed by atoms with Crippen LogP contribution in [-0.2, 0) is 95.0 Å². The number of piperazine rings is 4. The lowest BCUT2D eigenvalue weighted by molar-refractivity contribution is -0.384. The van der Waals surface area contributed by atoms with Crippen LogP contribution in [0.25, 0.3) is 0 Å². The number of sulfone groups is 1. The minimum atomic E-state index is -3.68. The molecule has 9 aromatic rings. The summed E-state index contributed by atoms with van der Waals surface area (Å²) in [6.45, 7) is 27.3. The highest BCUT2D eigenvalue weighted by Crippen LogP contribution is 2.30. The van der Waals surface area contributed by atoms with Gasteiger partial charge in [-0.05, 0) is 131 Å². The largest absolute Gasteiger partial charge is 0.507 e. The number of nitrogens with one attached hydrogen (secondary N) is 4. The number of hydrogen-bond donors (Lipinski definition) is 9. The van der Waals surface area contributed by atoms with Crippen molar-refractivity contribution >= 4 is 80.5 Å². The van der Waals surface area contributed by atoms with Gasteiger partial charge in [0.15, 0.2) is 21.3 Å². The molecule has 0 radical (unpaired) electrons. The number of carbonyl (C=O) groups excluding carboxylic acids is 5. The van der Waals surface area contributed by atoms with Crippen molar-refractivity contribution < 1.29 is 75.6 Å². The SMILES string of the molecule is C=CCc1cccc(/C=N/NC(=O)CN2CCN(Cc3ccc(S(N)(=O)=O)cc3)CC2)c1O.C=CCc1cccc(/C=N/NC(=O)CN2CCN(Cc3cccc(OC=O)c3)CC2)c1O.C=CCc1cccc(/C=N/NC(=O)CN2CCN(Cc3cccc([N+](=O)[O-])c3)CC2)c1O.COc1cccc(/C=N/NC(=O)CN2CCN(Cc3ccccc3CS(=O)(=O)c3ccccc3)CC2)c1O. The molecule has 13 rings (SSSR count). The Morgan fingerprint density at radius 3 is 1.13 bits per heavy atom. The van der Waals surface area contributed by atoms with Gasteiger partial charge < -0.3 is 29.9 Å². The molecule has 4 aliphatic heterocycles. The van der Waals surface area contributed by atoms with Crippen molar-refractivity contribution in [2.24, 2.45) is 25.5 Å². The molecule has 0 atom stereocenters. The molecule has 37 heteroatoms. The van der Waals surface area contributed by atoms with Crippen LogP contribution in [-0.4, -0.2) is 274 Å². The Morgan fingerprint density at radius 2 is 0.748 bits per heavy atom. The van der Waals surface area contributed by atoms with Crippen LogP contribution in [0.5, 0.6) is 34.5 Å². The van der Waals surface area contributed by atoms with Crippen LogP contribution in [0, 0.1) is 10.1 Å². The molecular weight excluding hydrogens is 1770 g/mol. The third-order valence-corrected chi connectivity index (χ3v) is 24.9. The summed E-state index contributed by atoms with van der Waals surface area (Å²) in [6, 6.07) is 58.0. The molecule has 135 heavy (non-hydrogen) atoms. The van der Waals surface area contributed by atoms with Gasteiger partial charge in [0.1, 0.15) is 23.0 Å². The Morgan fingerprint density at radius 1 is 0.407 bits per heavy atom. The molecule has 9 aromatic carbocycles. The molecule has 0 bridgehead atoms. The van der Waals surface area contributed by atoms with Crippen LogP contribution >= 0.6 is 0 Å². The first kappa shape index (κ1) is 103. The fraction of sp³-hybridized carbons (Fsp3) is 0.296. The van der Waals surface area contributed by atoms with E-state index in [0.29, 0.717) is 97.1 Å². The molecule has 0 aromatic heterocycles. The van der Waals surface area contributed by atoms with E-state index in [1.54, 1.807) is 115 Å². The standard InChI is InChI=1S/C28H32N4O5S.C24H28N4O4.C23H29N5O4S.C23H27N5O4/c1-37-26-13-7-10-22(28(26)34)18-29-30-27(33)20-32-16-14-31(15-17-32)19-23-8-5-6-9-24(23)21-38(35,36)25-11-3-2-4-12-25;1-2-5-20-7-4-8-21(24(20)31)15-25-26-23(30)17-28-12-10-27(11-13-28)16-19-6-3-9-22(14-19)32-18-29;1-2-4-19-5-3-6-20(23(19)30)15-25-26-22(29)17-28-13-11-27(12-14-28)16-18-7-9-21(10-8-18)33(24,31)32;1-2-5-19-7-4-8-20(23(19)30)15-24-25-22(29)17-27-12-10-26(11-13-27)16-18-6-3-9-21(14-18)28(31)32/h2-13,18,34H,14-17,19-21H2,1H3,(H,30,33);2-4,6-9,14-15,18,31H,1,5,10-13,16-17H2,(H,26,30);2-3,5-10,15,30H,1,4,11-14,16-17H2,(H,26,29)(H2,24,31,32);2-4,6-9,14-15,30H,1,5,10-13,16-17H2,(H,25,29)/b29-18+;2*25-15+;24-15+. The fourth-order valence-corrected chi connectivity index (χ4v) is 17.0. The number of primary sulfonamides is 1. The second-order valence-corrected chi connectivity index (χ2v) is 35.7. The van der Waals surface area contributed by atoms with E-state index >= 15 is 0 Å². The second-order valence-electron chi connectivity index (χ2n) is 32.1. The summed E-state index contributed by atoms with van der Waals surface area (Å²) in [4.78, 5) is 87.7. The number of nitro benzene ring substituents is 1. The van der Waals surface area contributed by atoms with E-state index in [1.807, 2.05) is 94.7 Å². The third kappa shape index (κ3) is 34.0. The molecule has 10 N–H and O–H groups in total. The average molecular weight is 1880 g/mol. The first-order valence-corrected chi connectivity index (χ1v) is 46.9. The third-order valence-electron chi connectivity index (χ3n) is 22.3. The van der Waals surface area contributed by atoms with Gasteiger partial charge in [-0.3, -0.25) is 73.3 Å². The van der Waals surface area contributed by atoms with Crippen molar-refractivity contribution in [2.45, 2.75) is 61.0 Å². The number of methoxy groups -OCH3 is 1. The number of allylic oxidation sites excluding steroid dienone is 3. The number of ether oxygens (including phenoxy) is 2. The number of sulfonamides is 1. The number of phenols is 4. The maximum absolute atomic E-state index is 12.9. The smallest absolute Gasteiger partial charge is 0.298 e. The normalized spacial score (nSPS) is 15.1. The lowest BCUT2D eigenvalue weighted by Gasteiger charge is -2.34. The zero-order valence-electron chi connectivity index (χ0n) is 75.4. The number of hydrogen-bond acceptors (Lipinski definition) is 29. The highest BCUT2D eigenvalue weighted by atomic mass is 32.2. The Hall–Kier alpha value is -13.8. The second kappa shape index (κ2) is 53.2. The van der Waals surface area contributed by atoms with Gasteiger partial charge in [0, 0.05) is 165 Å². The summed E-state index contributed by atoms with van der Waals surface area (Å²) in [5.74, 6) is 0.303. The highest BCUT2D eigenvalue weighted by Gasteiger charge is 2.26. The van der Waals surface area contributed by atoms with Crippen LogP contribution in [0.4, 0.5) is 5.69 Å². The van der Waals surface area contributed by atoms with Gasteiger partial charge in [-0.25, -0.2) is 43.7 Å². The molecule has 35 nitrogen and oxygen atoms in total. The first-order chi connectivity index (χ1) is 65.2. The number of nitrogens with zero attached hydrogens (tertiary/aromatic N) is 13. The van der Waals surface area contributed by atoms with Crippen LogP contribution < -0.4 is 36.3 Å². The number of para-hydroxylation sites is 4. The number of rotatable bonds is 38. The lowest BCUT2D eigenvalue weighted by Crippen LogP contribution is -2.48. The Labute approximate surface area is 786 Å². The molecule has 0 saturated carbocycles. The van der Waals surface area contributed by atoms with E-state index in [-0.39, 0.29) is 94.1 Å². The van der Waals surface area contributed by atoms with Gasteiger partial charge >= 0.3 is 0 Å². The Kier molecular flexibility index (Phi) is 40.7. The summed E-state index contributed by atoms with van der Waals surface area (Å²) in [7, 11) is -5.65. The zero-order valence-corrected chi connectivity index (χ0v) is 77.0. The monoisotopic (exact) mass is 1880 g/mol. The number of hydrazone groups is 4. The van der Waals surface area contributed by atoms with Gasteiger partial charge in [0.2, 0.25) is 10.0 Å². The summed E-state index contributed by atoms with van der Waals surface area (Å²) >= 11 is 0. The van der Waals surface area contributed by atoms with Gasteiger partial charge in [-0.1, -0.05) is 140 Å². The molecule has 4 heterocycles. The molecule has 4 amide bonds. The molecule has 4 fully saturated rings. The lowest BCUT2D eigenvalue weighted by atomic mass is 10.1. The minimum Gasteiger partial charge on any atom is -0.507 e. The molecular formula is C98H116N18O17S2. The predicted molar refractivity (Wildman–Crippen MR) is 518 cm³/mol. The highest BCUT2D eigenvalue weighted by molar-refractivity contribution is 7.90. The fourth-order valence-electron chi connectivity index (χ4n) is 15.1. The molecule has 0 unspecified atom stereocenters. The van der Waals surface area contributed by atoms with Crippen LogP contribution in [0.15, 0.2) is 268 Å². The number of aromatic hydroxyl groups is 4. The number of nitrogens with two attached hydrogens (primary N) is 1. The van der Waals surface area contributed by atoms with Crippen LogP contribution in [0.1, 0.15) is 66.8 Å². The van der Waals surface area contributed by atoms with Crippen molar-refractivity contribution in [3.05, 3.63) is 315 Å². The van der Waals surface area contributed by atoms with E-state index in [2.05, 4.69) is 91.2 Å². The van der Waals surface area contributed by atoms with E-state index in [0.717, 1.165) is 143 Å². The first-order valence-electron chi connectivity index (χ1n) is 43.7. The number of benzene rings is 9. The maximum Gasteiger partial charge on any atom is 0.298 e. The number of carbonyl (C=O) groups is 5. The maximum atomic E-state index is 12.9. The molecule has 4 aliphatic rings. The average Bonchev–Trinajstić information content (AvgIpc) is 0.814. The Bertz CT molecular complexity index is 5860. The number of nitro groups is 1. The van der Waals surface area contributed by atoms with Crippen molar-refractivity contribution in [3.63, 3.8) is 0 Å². The number of phenolic OH excluding ortho intramolecular Hbond substituents is 4. The summed E-state index contributed by atoms with van der Waals surface area (Å²) < 4.78 is 58.5. The quantitative estimate of drug-likeness (QED) is 0.00583. The van der Waals surface area contributed by atoms with Gasteiger partial charge in [-0.15, -0.1) is 19.7 Å². The summed E-state index contributed by atoms with van der Waals surface area (Å²) in [6.07, 6.45) is 12.5. The van der Waals surface area contributed by atoms with E-state index in [9.17, 15) is 71.3 Å².